The summed E-state index contributed by atoms with van der Waals surface area (Å²) >= 11 is 1.81. The van der Waals surface area contributed by atoms with E-state index in [0.29, 0.717) is 5.92 Å². The van der Waals surface area contributed by atoms with Crippen molar-refractivity contribution in [3.05, 3.63) is 15.6 Å². The predicted molar refractivity (Wildman–Crippen MR) is 57.8 cm³/mol. The topological polar surface area (TPSA) is 34.2 Å². The molecule has 0 saturated carbocycles. The van der Waals surface area contributed by atoms with Crippen molar-refractivity contribution in [2.24, 2.45) is 0 Å². The van der Waals surface area contributed by atoms with Gasteiger partial charge in [-0.2, -0.15) is 0 Å². The first-order valence-electron chi connectivity index (χ1n) is 5.02. The molecule has 2 heterocycles. The molecule has 0 amide bonds. The van der Waals surface area contributed by atoms with Crippen molar-refractivity contribution < 1.29 is 4.74 Å². The molecule has 14 heavy (non-hydrogen) atoms. The Balaban J connectivity index is 2.15. The van der Waals surface area contributed by atoms with Gasteiger partial charge in [-0.05, 0) is 7.05 Å². The second kappa shape index (κ2) is 4.38. The average Bonchev–Trinajstić information content (AvgIpc) is 2.61. The fourth-order valence-electron chi connectivity index (χ4n) is 1.65. The van der Waals surface area contributed by atoms with Gasteiger partial charge in [0.2, 0.25) is 0 Å². The Morgan fingerprint density at radius 2 is 2.50 bits per heavy atom. The SMILES string of the molecule is CNCC(C)c1nc2c(s1)COCC2. The first kappa shape index (κ1) is 10.1. The molecule has 0 aromatic carbocycles. The highest BCUT2D eigenvalue weighted by molar-refractivity contribution is 7.11. The molecule has 0 spiro atoms. The number of ether oxygens (including phenoxy) is 1. The van der Waals surface area contributed by atoms with Gasteiger partial charge in [-0.3, -0.25) is 0 Å². The largest absolute Gasteiger partial charge is 0.375 e. The fraction of sp³-hybridized carbons (Fsp3) is 0.700. The highest BCUT2D eigenvalue weighted by atomic mass is 32.1. The number of thiazole rings is 1. The van der Waals surface area contributed by atoms with Crippen molar-refractivity contribution in [3.63, 3.8) is 0 Å². The smallest absolute Gasteiger partial charge is 0.0972 e. The van der Waals surface area contributed by atoms with Gasteiger partial charge in [-0.1, -0.05) is 6.92 Å². The van der Waals surface area contributed by atoms with E-state index in [1.54, 1.807) is 0 Å². The van der Waals surface area contributed by atoms with Crippen molar-refractivity contribution in [3.8, 4) is 0 Å². The van der Waals surface area contributed by atoms with Gasteiger partial charge in [0, 0.05) is 18.9 Å². The molecule has 3 nitrogen and oxygen atoms in total. The van der Waals surface area contributed by atoms with Gasteiger partial charge in [0.15, 0.2) is 0 Å². The van der Waals surface area contributed by atoms with E-state index >= 15 is 0 Å². The Morgan fingerprint density at radius 3 is 3.21 bits per heavy atom. The van der Waals surface area contributed by atoms with Crippen LogP contribution in [0.15, 0.2) is 0 Å². The van der Waals surface area contributed by atoms with Crippen molar-refractivity contribution in [1.29, 1.82) is 0 Å². The van der Waals surface area contributed by atoms with Crippen LogP contribution in [0.25, 0.3) is 0 Å². The van der Waals surface area contributed by atoms with E-state index in [-0.39, 0.29) is 0 Å². The third-order valence-electron chi connectivity index (χ3n) is 2.44. The first-order valence-corrected chi connectivity index (χ1v) is 5.83. The molecule has 1 atom stereocenters. The number of aromatic nitrogens is 1. The van der Waals surface area contributed by atoms with Crippen LogP contribution in [0.4, 0.5) is 0 Å². The zero-order chi connectivity index (χ0) is 9.97. The van der Waals surface area contributed by atoms with Crippen LogP contribution in [-0.2, 0) is 17.8 Å². The van der Waals surface area contributed by atoms with Gasteiger partial charge in [0.1, 0.15) is 0 Å². The van der Waals surface area contributed by atoms with Crippen LogP contribution in [-0.4, -0.2) is 25.2 Å². The van der Waals surface area contributed by atoms with Gasteiger partial charge in [0.25, 0.3) is 0 Å². The summed E-state index contributed by atoms with van der Waals surface area (Å²) in [5, 5.41) is 4.43. The predicted octanol–water partition coefficient (Wildman–Crippen LogP) is 1.54. The van der Waals surface area contributed by atoms with Gasteiger partial charge < -0.3 is 10.1 Å². The maximum atomic E-state index is 5.40. The summed E-state index contributed by atoms with van der Waals surface area (Å²) in [4.78, 5) is 6.00. The van der Waals surface area contributed by atoms with Crippen molar-refractivity contribution in [1.82, 2.24) is 10.3 Å². The monoisotopic (exact) mass is 212 g/mol. The fourth-order valence-corrected chi connectivity index (χ4v) is 2.75. The molecular formula is C10H16N2OS. The van der Waals surface area contributed by atoms with Crippen LogP contribution in [0.1, 0.15) is 28.4 Å². The molecule has 0 bridgehead atoms. The third kappa shape index (κ3) is 1.97. The van der Waals surface area contributed by atoms with Crippen LogP contribution < -0.4 is 5.32 Å². The Hall–Kier alpha value is -0.450. The molecule has 78 valence electrons. The van der Waals surface area contributed by atoms with Crippen molar-refractivity contribution in [2.75, 3.05) is 20.2 Å². The summed E-state index contributed by atoms with van der Waals surface area (Å²) in [7, 11) is 1.98. The summed E-state index contributed by atoms with van der Waals surface area (Å²) in [5.41, 5.74) is 1.26. The number of nitrogens with zero attached hydrogens (tertiary/aromatic N) is 1. The number of nitrogens with one attached hydrogen (secondary N) is 1. The second-order valence-corrected chi connectivity index (χ2v) is 4.80. The molecule has 4 heteroatoms. The van der Waals surface area contributed by atoms with Crippen LogP contribution in [0, 0.1) is 0 Å². The molecule has 2 rings (SSSR count). The van der Waals surface area contributed by atoms with Gasteiger partial charge >= 0.3 is 0 Å². The Labute approximate surface area is 88.5 Å². The normalized spacial score (nSPS) is 17.9. The van der Waals surface area contributed by atoms with Crippen molar-refractivity contribution in [2.45, 2.75) is 25.9 Å². The molecule has 0 aliphatic carbocycles. The summed E-state index contributed by atoms with van der Waals surface area (Å²) < 4.78 is 5.40. The lowest BCUT2D eigenvalue weighted by Crippen LogP contribution is -2.14. The zero-order valence-corrected chi connectivity index (χ0v) is 9.49. The number of hydrogen-bond acceptors (Lipinski definition) is 4. The highest BCUT2D eigenvalue weighted by Gasteiger charge is 2.18. The van der Waals surface area contributed by atoms with Gasteiger partial charge in [0.05, 0.1) is 28.8 Å². The van der Waals surface area contributed by atoms with E-state index in [0.717, 1.165) is 26.2 Å². The highest BCUT2D eigenvalue weighted by Crippen LogP contribution is 2.27. The standard InChI is InChI=1S/C10H16N2OS/c1-7(5-11-2)10-12-8-3-4-13-6-9(8)14-10/h7,11H,3-6H2,1-2H3. The summed E-state index contributed by atoms with van der Waals surface area (Å²) in [6, 6.07) is 0. The Kier molecular flexibility index (Phi) is 3.15. The molecule has 1 aromatic rings. The van der Waals surface area contributed by atoms with E-state index < -0.39 is 0 Å². The number of rotatable bonds is 3. The van der Waals surface area contributed by atoms with Crippen LogP contribution in [0.3, 0.4) is 0 Å². The summed E-state index contributed by atoms with van der Waals surface area (Å²) in [5.74, 6) is 0.510. The molecule has 0 radical (unpaired) electrons. The van der Waals surface area contributed by atoms with Crippen LogP contribution >= 0.6 is 11.3 Å². The van der Waals surface area contributed by atoms with E-state index in [2.05, 4.69) is 17.2 Å². The molecule has 1 aliphatic heterocycles. The molecule has 1 aliphatic rings. The van der Waals surface area contributed by atoms with Crippen molar-refractivity contribution >= 4 is 11.3 Å². The Bertz CT molecular complexity index is 288. The first-order chi connectivity index (χ1) is 6.81. The molecule has 1 N–H and O–H groups in total. The summed E-state index contributed by atoms with van der Waals surface area (Å²) in [6.45, 7) is 4.80. The van der Waals surface area contributed by atoms with Gasteiger partial charge in [-0.15, -0.1) is 11.3 Å². The minimum Gasteiger partial charge on any atom is -0.375 e. The molecule has 0 saturated heterocycles. The van der Waals surface area contributed by atoms with E-state index in [4.69, 9.17) is 4.74 Å². The molecule has 1 aromatic heterocycles. The second-order valence-electron chi connectivity index (χ2n) is 3.68. The van der Waals surface area contributed by atoms with Gasteiger partial charge in [-0.25, -0.2) is 4.98 Å². The van der Waals surface area contributed by atoms with E-state index in [9.17, 15) is 0 Å². The van der Waals surface area contributed by atoms with Crippen LogP contribution in [0.5, 0.6) is 0 Å². The molecule has 0 fully saturated rings. The van der Waals surface area contributed by atoms with E-state index in [1.165, 1.54) is 15.6 Å². The lowest BCUT2D eigenvalue weighted by atomic mass is 10.2. The average molecular weight is 212 g/mol. The molecular weight excluding hydrogens is 196 g/mol. The quantitative estimate of drug-likeness (QED) is 0.825. The number of likely N-dealkylation sites (N-methyl/N-ethyl adjacent to an activating group) is 1. The summed E-state index contributed by atoms with van der Waals surface area (Å²) in [6.07, 6.45) is 0.984. The minimum atomic E-state index is 0.510. The number of hydrogen-bond donors (Lipinski definition) is 1. The Morgan fingerprint density at radius 1 is 1.64 bits per heavy atom. The minimum absolute atomic E-state index is 0.510. The van der Waals surface area contributed by atoms with Crippen LogP contribution in [0.2, 0.25) is 0 Å². The van der Waals surface area contributed by atoms with E-state index in [1.807, 2.05) is 18.4 Å². The lowest BCUT2D eigenvalue weighted by Gasteiger charge is -2.08. The zero-order valence-electron chi connectivity index (χ0n) is 8.67. The maximum Gasteiger partial charge on any atom is 0.0972 e. The maximum absolute atomic E-state index is 5.40. The lowest BCUT2D eigenvalue weighted by molar-refractivity contribution is 0.112. The third-order valence-corrected chi connectivity index (χ3v) is 3.75. The molecule has 1 unspecified atom stereocenters. The number of fused-ring (bicyclic) bond motifs is 1.